The molecule has 1 aromatic rings. The van der Waals surface area contributed by atoms with Crippen LogP contribution < -0.4 is 20.7 Å². The molecule has 1 heterocycles. The standard InChI is InChI=1S/C11H12ClN3O3/c1-18-8-3-2-6(12)4-7(8)15-9(13)5-10(16)14-11(15)17/h2-4,9H,5,13H2,1H3,(H,14,16,17). The molecule has 7 heteroatoms. The molecule has 1 fully saturated rings. The van der Waals surface area contributed by atoms with Gasteiger partial charge in [-0.05, 0) is 18.2 Å². The number of carbonyl (C=O) groups excluding carboxylic acids is 2. The second kappa shape index (κ2) is 4.83. The lowest BCUT2D eigenvalue weighted by atomic mass is 10.2. The molecule has 0 spiro atoms. The van der Waals surface area contributed by atoms with Gasteiger partial charge in [-0.25, -0.2) is 4.79 Å². The highest BCUT2D eigenvalue weighted by Gasteiger charge is 2.32. The van der Waals surface area contributed by atoms with Crippen LogP contribution in [0.5, 0.6) is 5.75 Å². The highest BCUT2D eigenvalue weighted by Crippen LogP contribution is 2.33. The Morgan fingerprint density at radius 2 is 2.22 bits per heavy atom. The Morgan fingerprint density at radius 1 is 1.50 bits per heavy atom. The maximum Gasteiger partial charge on any atom is 0.329 e. The summed E-state index contributed by atoms with van der Waals surface area (Å²) in [5.41, 5.74) is 6.24. The Kier molecular flexibility index (Phi) is 3.40. The van der Waals surface area contributed by atoms with E-state index in [0.29, 0.717) is 16.5 Å². The zero-order chi connectivity index (χ0) is 13.3. The average Bonchev–Trinajstić information content (AvgIpc) is 2.28. The smallest absolute Gasteiger partial charge is 0.329 e. The van der Waals surface area contributed by atoms with Crippen LogP contribution in [-0.4, -0.2) is 25.2 Å². The summed E-state index contributed by atoms with van der Waals surface area (Å²) in [4.78, 5) is 24.3. The number of halogens is 1. The number of benzene rings is 1. The van der Waals surface area contributed by atoms with Gasteiger partial charge in [0.15, 0.2) is 0 Å². The van der Waals surface area contributed by atoms with Crippen LogP contribution in [0, 0.1) is 0 Å². The van der Waals surface area contributed by atoms with Crippen molar-refractivity contribution in [3.05, 3.63) is 23.2 Å². The zero-order valence-corrected chi connectivity index (χ0v) is 10.4. The fraction of sp³-hybridized carbons (Fsp3) is 0.273. The van der Waals surface area contributed by atoms with Crippen LogP contribution in [0.2, 0.25) is 5.02 Å². The molecule has 1 unspecified atom stereocenters. The predicted octanol–water partition coefficient (Wildman–Crippen LogP) is 1.08. The fourth-order valence-corrected chi connectivity index (χ4v) is 1.97. The van der Waals surface area contributed by atoms with Crippen LogP contribution in [0.4, 0.5) is 10.5 Å². The number of imide groups is 1. The van der Waals surface area contributed by atoms with Gasteiger partial charge in [-0.2, -0.15) is 0 Å². The van der Waals surface area contributed by atoms with E-state index in [1.165, 1.54) is 12.0 Å². The minimum Gasteiger partial charge on any atom is -0.495 e. The lowest BCUT2D eigenvalue weighted by molar-refractivity contribution is -0.120. The average molecular weight is 270 g/mol. The molecule has 1 aliphatic rings. The largest absolute Gasteiger partial charge is 0.495 e. The van der Waals surface area contributed by atoms with Gasteiger partial charge in [-0.15, -0.1) is 0 Å². The number of nitrogens with two attached hydrogens (primary N) is 1. The topological polar surface area (TPSA) is 84.7 Å². The number of rotatable bonds is 2. The number of nitrogens with zero attached hydrogens (tertiary/aromatic N) is 1. The maximum absolute atomic E-state index is 11.8. The normalized spacial score (nSPS) is 19.7. The Bertz CT molecular complexity index is 506. The molecular weight excluding hydrogens is 258 g/mol. The Hall–Kier alpha value is -1.79. The summed E-state index contributed by atoms with van der Waals surface area (Å²) >= 11 is 5.90. The first-order chi connectivity index (χ1) is 8.52. The first kappa shape index (κ1) is 12.7. The minimum absolute atomic E-state index is 0.0292. The van der Waals surface area contributed by atoms with Gasteiger partial charge in [-0.1, -0.05) is 11.6 Å². The Balaban J connectivity index is 2.43. The number of ether oxygens (including phenoxy) is 1. The first-order valence-corrected chi connectivity index (χ1v) is 5.63. The van der Waals surface area contributed by atoms with E-state index in [4.69, 9.17) is 22.1 Å². The van der Waals surface area contributed by atoms with E-state index in [2.05, 4.69) is 5.32 Å². The van der Waals surface area contributed by atoms with Gasteiger partial charge < -0.3 is 10.5 Å². The van der Waals surface area contributed by atoms with E-state index in [9.17, 15) is 9.59 Å². The van der Waals surface area contributed by atoms with Crippen LogP contribution in [-0.2, 0) is 4.79 Å². The summed E-state index contributed by atoms with van der Waals surface area (Å²) < 4.78 is 5.16. The van der Waals surface area contributed by atoms with E-state index >= 15 is 0 Å². The summed E-state index contributed by atoms with van der Waals surface area (Å²) in [6.45, 7) is 0. The summed E-state index contributed by atoms with van der Waals surface area (Å²) in [5, 5.41) is 2.65. The molecule has 1 aromatic carbocycles. The summed E-state index contributed by atoms with van der Waals surface area (Å²) in [6, 6.07) is 4.26. The quantitative estimate of drug-likeness (QED) is 0.841. The predicted molar refractivity (Wildman–Crippen MR) is 66.6 cm³/mol. The molecule has 1 aliphatic heterocycles. The van der Waals surface area contributed by atoms with Crippen molar-refractivity contribution < 1.29 is 14.3 Å². The second-order valence-corrected chi connectivity index (χ2v) is 4.25. The summed E-state index contributed by atoms with van der Waals surface area (Å²) in [5.74, 6) is 0.0593. The molecule has 3 N–H and O–H groups in total. The highest BCUT2D eigenvalue weighted by molar-refractivity contribution is 6.31. The highest BCUT2D eigenvalue weighted by atomic mass is 35.5. The van der Waals surface area contributed by atoms with E-state index in [1.807, 2.05) is 0 Å². The van der Waals surface area contributed by atoms with Gasteiger partial charge in [0, 0.05) is 5.02 Å². The third-order valence-electron chi connectivity index (χ3n) is 2.59. The molecule has 96 valence electrons. The first-order valence-electron chi connectivity index (χ1n) is 5.25. The van der Waals surface area contributed by atoms with E-state index < -0.39 is 18.1 Å². The molecule has 18 heavy (non-hydrogen) atoms. The Labute approximate surface area is 109 Å². The van der Waals surface area contributed by atoms with Crippen molar-refractivity contribution in [1.29, 1.82) is 0 Å². The number of urea groups is 1. The van der Waals surface area contributed by atoms with Crippen molar-refractivity contribution in [2.75, 3.05) is 12.0 Å². The van der Waals surface area contributed by atoms with Crippen LogP contribution >= 0.6 is 11.6 Å². The number of nitrogens with one attached hydrogen (secondary N) is 1. The van der Waals surface area contributed by atoms with Crippen LogP contribution in [0.3, 0.4) is 0 Å². The lowest BCUT2D eigenvalue weighted by Gasteiger charge is -2.33. The summed E-state index contributed by atoms with van der Waals surface area (Å²) in [6.07, 6.45) is -0.708. The van der Waals surface area contributed by atoms with E-state index in [1.54, 1.807) is 18.2 Å². The van der Waals surface area contributed by atoms with Gasteiger partial charge in [0.1, 0.15) is 5.75 Å². The van der Waals surface area contributed by atoms with Crippen molar-refractivity contribution in [1.82, 2.24) is 5.32 Å². The molecule has 0 aromatic heterocycles. The number of amides is 3. The van der Waals surface area contributed by atoms with Crippen LogP contribution in [0.1, 0.15) is 6.42 Å². The molecule has 6 nitrogen and oxygen atoms in total. The van der Waals surface area contributed by atoms with E-state index in [-0.39, 0.29) is 6.42 Å². The van der Waals surface area contributed by atoms with Gasteiger partial charge >= 0.3 is 6.03 Å². The monoisotopic (exact) mass is 269 g/mol. The number of carbonyl (C=O) groups is 2. The molecule has 0 bridgehead atoms. The fourth-order valence-electron chi connectivity index (χ4n) is 1.80. The van der Waals surface area contributed by atoms with Crippen molar-refractivity contribution >= 4 is 29.2 Å². The molecule has 0 radical (unpaired) electrons. The van der Waals surface area contributed by atoms with Crippen LogP contribution in [0.15, 0.2) is 18.2 Å². The SMILES string of the molecule is COc1ccc(Cl)cc1N1C(=O)NC(=O)CC1N. The molecular formula is C11H12ClN3O3. The molecule has 0 aliphatic carbocycles. The third kappa shape index (κ3) is 2.25. The lowest BCUT2D eigenvalue weighted by Crippen LogP contribution is -2.58. The molecule has 0 saturated carbocycles. The van der Waals surface area contributed by atoms with Crippen molar-refractivity contribution in [2.45, 2.75) is 12.6 Å². The number of anilines is 1. The van der Waals surface area contributed by atoms with Gasteiger partial charge in [0.2, 0.25) is 5.91 Å². The van der Waals surface area contributed by atoms with Gasteiger partial charge in [0.25, 0.3) is 0 Å². The number of hydrogen-bond acceptors (Lipinski definition) is 4. The summed E-state index contributed by atoms with van der Waals surface area (Å²) in [7, 11) is 1.48. The number of hydrogen-bond donors (Lipinski definition) is 2. The van der Waals surface area contributed by atoms with Crippen molar-refractivity contribution in [3.63, 3.8) is 0 Å². The molecule has 3 amide bonds. The molecule has 1 saturated heterocycles. The van der Waals surface area contributed by atoms with Crippen molar-refractivity contribution in [3.8, 4) is 5.75 Å². The van der Waals surface area contributed by atoms with E-state index in [0.717, 1.165) is 0 Å². The van der Waals surface area contributed by atoms with Crippen molar-refractivity contribution in [2.24, 2.45) is 5.73 Å². The van der Waals surface area contributed by atoms with Crippen LogP contribution in [0.25, 0.3) is 0 Å². The molecule has 1 atom stereocenters. The Morgan fingerprint density at radius 3 is 2.83 bits per heavy atom. The maximum atomic E-state index is 11.8. The third-order valence-corrected chi connectivity index (χ3v) is 2.83. The second-order valence-electron chi connectivity index (χ2n) is 3.81. The molecule has 2 rings (SSSR count). The minimum atomic E-state index is -0.737. The van der Waals surface area contributed by atoms with Gasteiger partial charge in [-0.3, -0.25) is 15.0 Å². The number of methoxy groups -OCH3 is 1. The van der Waals surface area contributed by atoms with Gasteiger partial charge in [0.05, 0.1) is 25.4 Å². The zero-order valence-electron chi connectivity index (χ0n) is 9.64.